The zero-order valence-electron chi connectivity index (χ0n) is 9.41. The van der Waals surface area contributed by atoms with Gasteiger partial charge in [-0.25, -0.2) is 0 Å². The standard InChI is InChI=1S/C12H16INO2/c1-2-9-5-3-4-8-14(9)12(15)10-6-7-11(13)16-10/h6-7,9H,2-5,8H2,1H3. The third kappa shape index (κ3) is 2.42. The number of nitrogens with zero attached hydrogens (tertiary/aromatic N) is 1. The van der Waals surface area contributed by atoms with Gasteiger partial charge in [-0.2, -0.15) is 0 Å². The predicted molar refractivity (Wildman–Crippen MR) is 70.4 cm³/mol. The first-order valence-corrected chi connectivity index (χ1v) is 6.86. The Hall–Kier alpha value is -0.520. The van der Waals surface area contributed by atoms with E-state index < -0.39 is 0 Å². The van der Waals surface area contributed by atoms with Gasteiger partial charge in [0.05, 0.1) is 0 Å². The molecule has 0 bridgehead atoms. The van der Waals surface area contributed by atoms with Gasteiger partial charge in [0.25, 0.3) is 5.91 Å². The average Bonchev–Trinajstić information content (AvgIpc) is 2.75. The lowest BCUT2D eigenvalue weighted by atomic mass is 10.00. The molecule has 0 aliphatic carbocycles. The first kappa shape index (κ1) is 12.0. The van der Waals surface area contributed by atoms with Crippen LogP contribution in [0.15, 0.2) is 16.5 Å². The molecule has 1 unspecified atom stereocenters. The van der Waals surface area contributed by atoms with Gasteiger partial charge in [-0.3, -0.25) is 4.79 Å². The summed E-state index contributed by atoms with van der Waals surface area (Å²) in [7, 11) is 0. The zero-order valence-corrected chi connectivity index (χ0v) is 11.6. The number of furan rings is 1. The maximum atomic E-state index is 12.2. The van der Waals surface area contributed by atoms with Crippen molar-refractivity contribution in [3.8, 4) is 0 Å². The van der Waals surface area contributed by atoms with Gasteiger partial charge in [0.15, 0.2) is 9.53 Å². The molecule has 1 aliphatic rings. The largest absolute Gasteiger partial charge is 0.445 e. The third-order valence-electron chi connectivity index (χ3n) is 3.14. The van der Waals surface area contributed by atoms with Gasteiger partial charge >= 0.3 is 0 Å². The molecule has 1 atom stereocenters. The molecule has 1 amide bonds. The monoisotopic (exact) mass is 333 g/mol. The van der Waals surface area contributed by atoms with E-state index in [0.29, 0.717) is 11.8 Å². The molecule has 88 valence electrons. The van der Waals surface area contributed by atoms with E-state index in [1.165, 1.54) is 6.42 Å². The van der Waals surface area contributed by atoms with E-state index >= 15 is 0 Å². The van der Waals surface area contributed by atoms with E-state index in [9.17, 15) is 4.79 Å². The molecule has 2 rings (SSSR count). The molecule has 4 heteroatoms. The highest BCUT2D eigenvalue weighted by Gasteiger charge is 2.27. The molecular weight excluding hydrogens is 317 g/mol. The summed E-state index contributed by atoms with van der Waals surface area (Å²) in [5.74, 6) is 0.527. The first-order valence-electron chi connectivity index (χ1n) is 5.78. The van der Waals surface area contributed by atoms with Gasteiger partial charge < -0.3 is 9.32 Å². The van der Waals surface area contributed by atoms with Crippen LogP contribution in [0.4, 0.5) is 0 Å². The lowest BCUT2D eigenvalue weighted by Crippen LogP contribution is -2.43. The van der Waals surface area contributed by atoms with Crippen LogP contribution in [0.2, 0.25) is 0 Å². The molecule has 0 N–H and O–H groups in total. The first-order chi connectivity index (χ1) is 7.72. The number of halogens is 1. The highest BCUT2D eigenvalue weighted by atomic mass is 127. The Morgan fingerprint density at radius 2 is 2.38 bits per heavy atom. The van der Waals surface area contributed by atoms with Crippen molar-refractivity contribution in [2.75, 3.05) is 6.54 Å². The lowest BCUT2D eigenvalue weighted by Gasteiger charge is -2.34. The summed E-state index contributed by atoms with van der Waals surface area (Å²) in [5, 5.41) is 0. The Bertz CT molecular complexity index is 375. The fourth-order valence-corrected chi connectivity index (χ4v) is 2.68. The molecule has 1 fully saturated rings. The van der Waals surface area contributed by atoms with Crippen LogP contribution < -0.4 is 0 Å². The van der Waals surface area contributed by atoms with Crippen molar-refractivity contribution in [1.82, 2.24) is 4.90 Å². The number of carbonyl (C=O) groups excluding carboxylic acids is 1. The van der Waals surface area contributed by atoms with E-state index in [1.54, 1.807) is 6.07 Å². The maximum absolute atomic E-state index is 12.2. The van der Waals surface area contributed by atoms with Gasteiger partial charge in [-0.05, 0) is 60.4 Å². The summed E-state index contributed by atoms with van der Waals surface area (Å²) < 4.78 is 6.16. The summed E-state index contributed by atoms with van der Waals surface area (Å²) >= 11 is 2.08. The molecule has 1 saturated heterocycles. The summed E-state index contributed by atoms with van der Waals surface area (Å²) in [6.45, 7) is 3.01. The second-order valence-corrected chi connectivity index (χ2v) is 5.22. The van der Waals surface area contributed by atoms with Gasteiger partial charge in [0.1, 0.15) is 0 Å². The van der Waals surface area contributed by atoms with Crippen LogP contribution in [0.25, 0.3) is 0 Å². The molecule has 0 saturated carbocycles. The van der Waals surface area contributed by atoms with E-state index in [0.717, 1.165) is 29.6 Å². The fraction of sp³-hybridized carbons (Fsp3) is 0.583. The molecule has 0 spiro atoms. The Labute approximate surface area is 109 Å². The highest BCUT2D eigenvalue weighted by molar-refractivity contribution is 14.1. The van der Waals surface area contributed by atoms with Crippen molar-refractivity contribution in [2.24, 2.45) is 0 Å². The van der Waals surface area contributed by atoms with Crippen LogP contribution in [0.1, 0.15) is 43.2 Å². The van der Waals surface area contributed by atoms with Gasteiger partial charge in [-0.15, -0.1) is 0 Å². The minimum atomic E-state index is 0.0504. The van der Waals surface area contributed by atoms with E-state index in [2.05, 4.69) is 29.5 Å². The van der Waals surface area contributed by atoms with Crippen molar-refractivity contribution < 1.29 is 9.21 Å². The third-order valence-corrected chi connectivity index (χ3v) is 3.72. The molecule has 0 aromatic carbocycles. The second kappa shape index (κ2) is 5.21. The molecule has 3 nitrogen and oxygen atoms in total. The number of hydrogen-bond donors (Lipinski definition) is 0. The minimum absolute atomic E-state index is 0.0504. The molecule has 1 aromatic heterocycles. The Kier molecular flexibility index (Phi) is 3.89. The quantitative estimate of drug-likeness (QED) is 0.778. The van der Waals surface area contributed by atoms with Crippen LogP contribution in [-0.2, 0) is 0 Å². The molecule has 2 heterocycles. The number of piperidine rings is 1. The molecule has 1 aromatic rings. The van der Waals surface area contributed by atoms with Crippen molar-refractivity contribution in [3.05, 3.63) is 21.7 Å². The second-order valence-electron chi connectivity index (χ2n) is 4.16. The van der Waals surface area contributed by atoms with Crippen LogP contribution >= 0.6 is 22.6 Å². The Morgan fingerprint density at radius 3 is 3.00 bits per heavy atom. The number of rotatable bonds is 2. The van der Waals surface area contributed by atoms with Crippen molar-refractivity contribution >= 4 is 28.5 Å². The van der Waals surface area contributed by atoms with Crippen molar-refractivity contribution in [1.29, 1.82) is 0 Å². The maximum Gasteiger partial charge on any atom is 0.289 e. The smallest absolute Gasteiger partial charge is 0.289 e. The van der Waals surface area contributed by atoms with Crippen LogP contribution in [-0.4, -0.2) is 23.4 Å². The topological polar surface area (TPSA) is 33.5 Å². The normalized spacial score (nSPS) is 21.1. The fourth-order valence-electron chi connectivity index (χ4n) is 2.26. The minimum Gasteiger partial charge on any atom is -0.445 e. The Balaban J connectivity index is 2.13. The van der Waals surface area contributed by atoms with E-state index in [1.807, 2.05) is 11.0 Å². The average molecular weight is 333 g/mol. The van der Waals surface area contributed by atoms with Crippen LogP contribution in [0.3, 0.4) is 0 Å². The molecule has 1 aliphatic heterocycles. The molecule has 0 radical (unpaired) electrons. The number of carbonyl (C=O) groups is 1. The summed E-state index contributed by atoms with van der Waals surface area (Å²) in [6.07, 6.45) is 4.50. The van der Waals surface area contributed by atoms with Gasteiger partial charge in [0, 0.05) is 12.6 Å². The summed E-state index contributed by atoms with van der Waals surface area (Å²) in [4.78, 5) is 14.2. The van der Waals surface area contributed by atoms with Crippen LogP contribution in [0, 0.1) is 3.77 Å². The lowest BCUT2D eigenvalue weighted by molar-refractivity contribution is 0.0574. The summed E-state index contributed by atoms with van der Waals surface area (Å²) in [6, 6.07) is 3.99. The SMILES string of the molecule is CCC1CCCCN1C(=O)c1ccc(I)o1. The number of likely N-dealkylation sites (tertiary alicyclic amines) is 1. The van der Waals surface area contributed by atoms with E-state index in [4.69, 9.17) is 4.42 Å². The highest BCUT2D eigenvalue weighted by Crippen LogP contribution is 2.22. The van der Waals surface area contributed by atoms with Gasteiger partial charge in [-0.1, -0.05) is 6.92 Å². The number of hydrogen-bond acceptors (Lipinski definition) is 2. The number of amides is 1. The van der Waals surface area contributed by atoms with Gasteiger partial charge in [0.2, 0.25) is 0 Å². The van der Waals surface area contributed by atoms with Crippen LogP contribution in [0.5, 0.6) is 0 Å². The molecular formula is C12H16INO2. The predicted octanol–water partition coefficient (Wildman–Crippen LogP) is 3.29. The van der Waals surface area contributed by atoms with E-state index in [-0.39, 0.29) is 5.91 Å². The molecule has 16 heavy (non-hydrogen) atoms. The zero-order chi connectivity index (χ0) is 11.5. The Morgan fingerprint density at radius 1 is 1.56 bits per heavy atom. The van der Waals surface area contributed by atoms with Crippen molar-refractivity contribution in [2.45, 2.75) is 38.6 Å². The summed E-state index contributed by atoms with van der Waals surface area (Å²) in [5.41, 5.74) is 0. The van der Waals surface area contributed by atoms with Crippen molar-refractivity contribution in [3.63, 3.8) is 0 Å².